The van der Waals surface area contributed by atoms with Crippen molar-refractivity contribution in [1.29, 1.82) is 0 Å². The standard InChI is InChI=1S/C7H10BrNO/c1-9-4-2-3-6(9)7(10)5-8/h2-4,7,10H,5H2,1H3. The van der Waals surface area contributed by atoms with Crippen LogP contribution in [0.1, 0.15) is 11.8 Å². The van der Waals surface area contributed by atoms with Gasteiger partial charge in [-0.05, 0) is 12.1 Å². The summed E-state index contributed by atoms with van der Waals surface area (Å²) in [7, 11) is 1.92. The number of hydrogen-bond acceptors (Lipinski definition) is 1. The third-order valence-corrected chi connectivity index (χ3v) is 2.08. The highest BCUT2D eigenvalue weighted by Crippen LogP contribution is 2.13. The summed E-state index contributed by atoms with van der Waals surface area (Å²) in [6.07, 6.45) is 1.53. The van der Waals surface area contributed by atoms with Crippen LogP contribution in [-0.4, -0.2) is 15.0 Å². The van der Waals surface area contributed by atoms with Crippen LogP contribution in [0.2, 0.25) is 0 Å². The van der Waals surface area contributed by atoms with Crippen LogP contribution in [0.3, 0.4) is 0 Å². The summed E-state index contributed by atoms with van der Waals surface area (Å²) in [4.78, 5) is 0. The van der Waals surface area contributed by atoms with E-state index >= 15 is 0 Å². The van der Waals surface area contributed by atoms with Gasteiger partial charge < -0.3 is 9.67 Å². The van der Waals surface area contributed by atoms with Gasteiger partial charge in [-0.1, -0.05) is 15.9 Å². The van der Waals surface area contributed by atoms with Crippen LogP contribution in [0.25, 0.3) is 0 Å². The zero-order valence-electron chi connectivity index (χ0n) is 5.79. The Labute approximate surface area is 68.6 Å². The first-order valence-electron chi connectivity index (χ1n) is 3.11. The van der Waals surface area contributed by atoms with E-state index in [2.05, 4.69) is 15.9 Å². The molecule has 0 aliphatic heterocycles. The molecular weight excluding hydrogens is 194 g/mol. The third kappa shape index (κ3) is 1.41. The maximum Gasteiger partial charge on any atom is 0.104 e. The first kappa shape index (κ1) is 7.82. The van der Waals surface area contributed by atoms with E-state index in [-0.39, 0.29) is 6.10 Å². The molecule has 0 aliphatic rings. The maximum absolute atomic E-state index is 9.33. The van der Waals surface area contributed by atoms with Gasteiger partial charge in [0.05, 0.1) is 0 Å². The molecule has 1 aromatic rings. The van der Waals surface area contributed by atoms with Crippen LogP contribution in [0.15, 0.2) is 18.3 Å². The molecule has 1 aromatic heterocycles. The monoisotopic (exact) mass is 203 g/mol. The van der Waals surface area contributed by atoms with E-state index in [9.17, 15) is 5.11 Å². The highest BCUT2D eigenvalue weighted by atomic mass is 79.9. The second kappa shape index (κ2) is 3.21. The SMILES string of the molecule is Cn1cccc1C(O)CBr. The van der Waals surface area contributed by atoms with Gasteiger partial charge in [-0.15, -0.1) is 0 Å². The normalized spacial score (nSPS) is 13.5. The van der Waals surface area contributed by atoms with Gasteiger partial charge in [0.25, 0.3) is 0 Å². The van der Waals surface area contributed by atoms with Crippen molar-refractivity contribution in [1.82, 2.24) is 4.57 Å². The number of hydrogen-bond donors (Lipinski definition) is 1. The van der Waals surface area contributed by atoms with Gasteiger partial charge in [-0.2, -0.15) is 0 Å². The van der Waals surface area contributed by atoms with Crippen LogP contribution < -0.4 is 0 Å². The lowest BCUT2D eigenvalue weighted by Crippen LogP contribution is -2.03. The molecule has 0 saturated carbocycles. The lowest BCUT2D eigenvalue weighted by molar-refractivity contribution is 0.197. The maximum atomic E-state index is 9.33. The minimum Gasteiger partial charge on any atom is -0.386 e. The van der Waals surface area contributed by atoms with Crippen LogP contribution in [0, 0.1) is 0 Å². The van der Waals surface area contributed by atoms with Gasteiger partial charge >= 0.3 is 0 Å². The van der Waals surface area contributed by atoms with Gasteiger partial charge in [-0.25, -0.2) is 0 Å². The van der Waals surface area contributed by atoms with Crippen LogP contribution in [0.5, 0.6) is 0 Å². The van der Waals surface area contributed by atoms with E-state index in [0.717, 1.165) is 5.69 Å². The molecule has 2 nitrogen and oxygen atoms in total. The fourth-order valence-electron chi connectivity index (χ4n) is 0.900. The third-order valence-electron chi connectivity index (χ3n) is 1.47. The minimum atomic E-state index is -0.389. The summed E-state index contributed by atoms with van der Waals surface area (Å²) < 4.78 is 1.91. The first-order valence-corrected chi connectivity index (χ1v) is 4.23. The van der Waals surface area contributed by atoms with E-state index in [1.165, 1.54) is 0 Å². The molecule has 1 N–H and O–H groups in total. The largest absolute Gasteiger partial charge is 0.386 e. The van der Waals surface area contributed by atoms with Crippen molar-refractivity contribution in [2.75, 3.05) is 5.33 Å². The topological polar surface area (TPSA) is 25.2 Å². The van der Waals surface area contributed by atoms with Gasteiger partial charge in [0.15, 0.2) is 0 Å². The fraction of sp³-hybridized carbons (Fsp3) is 0.429. The predicted octanol–water partition coefficient (Wildman–Crippen LogP) is 1.45. The smallest absolute Gasteiger partial charge is 0.104 e. The van der Waals surface area contributed by atoms with E-state index in [1.807, 2.05) is 29.9 Å². The number of aliphatic hydroxyl groups excluding tert-OH is 1. The number of nitrogens with zero attached hydrogens (tertiary/aromatic N) is 1. The van der Waals surface area contributed by atoms with E-state index < -0.39 is 0 Å². The van der Waals surface area contributed by atoms with Crippen molar-refractivity contribution in [3.8, 4) is 0 Å². The molecule has 0 bridgehead atoms. The molecule has 0 aromatic carbocycles. The molecule has 0 radical (unpaired) electrons. The number of alkyl halides is 1. The Hall–Kier alpha value is -0.280. The fourth-order valence-corrected chi connectivity index (χ4v) is 1.23. The summed E-state index contributed by atoms with van der Waals surface area (Å²) in [5.74, 6) is 0. The molecule has 0 spiro atoms. The summed E-state index contributed by atoms with van der Waals surface area (Å²) in [5, 5.41) is 9.92. The van der Waals surface area contributed by atoms with Crippen molar-refractivity contribution < 1.29 is 5.11 Å². The number of halogens is 1. The van der Waals surface area contributed by atoms with Crippen molar-refractivity contribution in [2.45, 2.75) is 6.10 Å². The van der Waals surface area contributed by atoms with Gasteiger partial charge in [0.2, 0.25) is 0 Å². The molecule has 3 heteroatoms. The van der Waals surface area contributed by atoms with Gasteiger partial charge in [-0.3, -0.25) is 0 Å². The Morgan fingerprint density at radius 1 is 1.80 bits per heavy atom. The highest BCUT2D eigenvalue weighted by molar-refractivity contribution is 9.09. The zero-order chi connectivity index (χ0) is 7.56. The summed E-state index contributed by atoms with van der Waals surface area (Å²) in [6.45, 7) is 0. The molecule has 1 heterocycles. The number of aliphatic hydroxyl groups is 1. The van der Waals surface area contributed by atoms with E-state index in [1.54, 1.807) is 0 Å². The molecule has 0 fully saturated rings. The molecule has 0 amide bonds. The average Bonchev–Trinajstić information content (AvgIpc) is 2.34. The Morgan fingerprint density at radius 2 is 2.50 bits per heavy atom. The van der Waals surface area contributed by atoms with Crippen molar-refractivity contribution in [3.05, 3.63) is 24.0 Å². The Balaban J connectivity index is 2.82. The molecule has 1 atom stereocenters. The molecule has 0 aliphatic carbocycles. The molecule has 10 heavy (non-hydrogen) atoms. The zero-order valence-corrected chi connectivity index (χ0v) is 7.37. The molecule has 0 saturated heterocycles. The molecule has 1 rings (SSSR count). The summed E-state index contributed by atoms with van der Waals surface area (Å²) in [6, 6.07) is 3.83. The lowest BCUT2D eigenvalue weighted by atomic mass is 10.3. The van der Waals surface area contributed by atoms with Crippen LogP contribution in [-0.2, 0) is 7.05 Å². The predicted molar refractivity (Wildman–Crippen MR) is 44.2 cm³/mol. The van der Waals surface area contributed by atoms with Gasteiger partial charge in [0, 0.05) is 24.3 Å². The summed E-state index contributed by atoms with van der Waals surface area (Å²) in [5.41, 5.74) is 0.942. The second-order valence-corrected chi connectivity index (χ2v) is 2.86. The average molecular weight is 204 g/mol. The second-order valence-electron chi connectivity index (χ2n) is 2.21. The lowest BCUT2D eigenvalue weighted by Gasteiger charge is -2.07. The summed E-state index contributed by atoms with van der Waals surface area (Å²) >= 11 is 3.21. The Bertz CT molecular complexity index is 209. The number of rotatable bonds is 2. The van der Waals surface area contributed by atoms with Crippen molar-refractivity contribution >= 4 is 15.9 Å². The molecule has 56 valence electrons. The Kier molecular flexibility index (Phi) is 2.51. The number of aromatic nitrogens is 1. The van der Waals surface area contributed by atoms with Crippen molar-refractivity contribution in [2.24, 2.45) is 7.05 Å². The first-order chi connectivity index (χ1) is 4.75. The van der Waals surface area contributed by atoms with Crippen LogP contribution >= 0.6 is 15.9 Å². The van der Waals surface area contributed by atoms with E-state index in [0.29, 0.717) is 5.33 Å². The minimum absolute atomic E-state index is 0.389. The highest BCUT2D eigenvalue weighted by Gasteiger charge is 2.06. The van der Waals surface area contributed by atoms with Crippen LogP contribution in [0.4, 0.5) is 0 Å². The number of aryl methyl sites for hydroxylation is 1. The molecule has 1 unspecified atom stereocenters. The molecular formula is C7H10BrNO. The van der Waals surface area contributed by atoms with Gasteiger partial charge in [0.1, 0.15) is 6.10 Å². The quantitative estimate of drug-likeness (QED) is 0.724. The van der Waals surface area contributed by atoms with Crippen molar-refractivity contribution in [3.63, 3.8) is 0 Å². The Morgan fingerprint density at radius 3 is 2.90 bits per heavy atom. The van der Waals surface area contributed by atoms with E-state index in [4.69, 9.17) is 0 Å².